The smallest absolute Gasteiger partial charge is 0.295 e. The van der Waals surface area contributed by atoms with Crippen molar-refractivity contribution in [1.29, 1.82) is 0 Å². The number of aliphatic hydroxyl groups excluding tert-OH is 1. The number of Topliss-reactive ketones (excluding diaryl/α,β-unsaturated/α-hetero) is 1. The minimum absolute atomic E-state index is 0.0660. The average Bonchev–Trinajstić information content (AvgIpc) is 2.94. The van der Waals surface area contributed by atoms with Crippen LogP contribution in [0.1, 0.15) is 37.6 Å². The molecule has 1 aromatic carbocycles. The van der Waals surface area contributed by atoms with E-state index in [1.807, 2.05) is 13.8 Å². The van der Waals surface area contributed by atoms with E-state index in [2.05, 4.69) is 4.98 Å². The zero-order valence-electron chi connectivity index (χ0n) is 15.4. The maximum absolute atomic E-state index is 12.7. The number of carbonyl (C=O) groups is 2. The molecule has 0 aliphatic carbocycles. The molecular weight excluding hydrogens is 344 g/mol. The summed E-state index contributed by atoms with van der Waals surface area (Å²) >= 11 is 0. The fraction of sp³-hybridized carbons (Fsp3) is 0.286. The van der Waals surface area contributed by atoms with Gasteiger partial charge in [0.05, 0.1) is 17.9 Å². The summed E-state index contributed by atoms with van der Waals surface area (Å²) in [4.78, 5) is 31.0. The van der Waals surface area contributed by atoms with Gasteiger partial charge in [-0.2, -0.15) is 0 Å². The van der Waals surface area contributed by atoms with Gasteiger partial charge in [-0.3, -0.25) is 14.6 Å². The highest BCUT2D eigenvalue weighted by Gasteiger charge is 2.46. The molecule has 140 valence electrons. The molecule has 27 heavy (non-hydrogen) atoms. The molecule has 0 spiro atoms. The first-order chi connectivity index (χ1) is 13.1. The Morgan fingerprint density at radius 2 is 1.89 bits per heavy atom. The first-order valence-electron chi connectivity index (χ1n) is 9.01. The first kappa shape index (κ1) is 18.6. The van der Waals surface area contributed by atoms with E-state index in [1.165, 1.54) is 4.90 Å². The summed E-state index contributed by atoms with van der Waals surface area (Å²) in [5, 5.41) is 10.9. The second kappa shape index (κ2) is 8.03. The van der Waals surface area contributed by atoms with Gasteiger partial charge in [0.25, 0.3) is 11.7 Å². The number of pyridine rings is 1. The average molecular weight is 366 g/mol. The summed E-state index contributed by atoms with van der Waals surface area (Å²) in [5.74, 6) is -0.835. The van der Waals surface area contributed by atoms with Gasteiger partial charge in [0.1, 0.15) is 17.6 Å². The molecule has 2 aromatic rings. The minimum atomic E-state index is -0.697. The molecule has 0 radical (unpaired) electrons. The normalized spacial score (nSPS) is 18.7. The molecule has 1 N–H and O–H groups in total. The highest BCUT2D eigenvalue weighted by molar-refractivity contribution is 6.46. The second-order valence-electron chi connectivity index (χ2n) is 6.20. The van der Waals surface area contributed by atoms with Crippen molar-refractivity contribution in [2.24, 2.45) is 0 Å². The molecule has 0 saturated carbocycles. The van der Waals surface area contributed by atoms with E-state index in [0.29, 0.717) is 36.6 Å². The molecule has 1 saturated heterocycles. The zero-order chi connectivity index (χ0) is 19.4. The van der Waals surface area contributed by atoms with Crippen molar-refractivity contribution in [1.82, 2.24) is 9.88 Å². The van der Waals surface area contributed by atoms with Crippen LogP contribution in [-0.2, 0) is 9.59 Å². The van der Waals surface area contributed by atoms with Gasteiger partial charge < -0.3 is 14.7 Å². The third kappa shape index (κ3) is 3.56. The van der Waals surface area contributed by atoms with Crippen LogP contribution < -0.4 is 4.74 Å². The van der Waals surface area contributed by atoms with Crippen molar-refractivity contribution in [3.63, 3.8) is 0 Å². The molecule has 1 aliphatic heterocycles. The van der Waals surface area contributed by atoms with Crippen LogP contribution in [0.5, 0.6) is 5.75 Å². The highest BCUT2D eigenvalue weighted by Crippen LogP contribution is 2.38. The van der Waals surface area contributed by atoms with E-state index in [9.17, 15) is 14.7 Å². The lowest BCUT2D eigenvalue weighted by molar-refractivity contribution is -0.139. The number of nitrogens with zero attached hydrogens (tertiary/aromatic N) is 2. The number of benzene rings is 1. The lowest BCUT2D eigenvalue weighted by Gasteiger charge is -2.23. The second-order valence-corrected chi connectivity index (χ2v) is 6.20. The maximum atomic E-state index is 12.7. The minimum Gasteiger partial charge on any atom is -0.507 e. The van der Waals surface area contributed by atoms with Gasteiger partial charge in [-0.25, -0.2) is 0 Å². The number of carbonyl (C=O) groups excluding carboxylic acids is 2. The first-order valence-corrected chi connectivity index (χ1v) is 9.01. The van der Waals surface area contributed by atoms with Crippen LogP contribution in [0, 0.1) is 0 Å². The van der Waals surface area contributed by atoms with Crippen LogP contribution >= 0.6 is 0 Å². The van der Waals surface area contributed by atoms with Crippen LogP contribution in [0.25, 0.3) is 5.76 Å². The van der Waals surface area contributed by atoms with Gasteiger partial charge in [-0.15, -0.1) is 0 Å². The van der Waals surface area contributed by atoms with Gasteiger partial charge in [-0.05, 0) is 49.7 Å². The van der Waals surface area contributed by atoms with E-state index < -0.39 is 17.7 Å². The summed E-state index contributed by atoms with van der Waals surface area (Å²) in [7, 11) is 0. The summed E-state index contributed by atoms with van der Waals surface area (Å²) in [6, 6.07) is 11.4. The van der Waals surface area contributed by atoms with Crippen molar-refractivity contribution < 1.29 is 19.4 Å². The van der Waals surface area contributed by atoms with Crippen LogP contribution in [0.15, 0.2) is 54.2 Å². The van der Waals surface area contributed by atoms with Crippen LogP contribution in [0.4, 0.5) is 0 Å². The number of likely N-dealkylation sites (tertiary alicyclic amines) is 1. The summed E-state index contributed by atoms with van der Waals surface area (Å²) in [6.45, 7) is 4.76. The molecule has 1 atom stereocenters. The molecule has 1 amide bonds. The van der Waals surface area contributed by atoms with E-state index in [1.54, 1.807) is 48.7 Å². The molecule has 2 heterocycles. The fourth-order valence-electron chi connectivity index (χ4n) is 3.23. The van der Waals surface area contributed by atoms with E-state index in [0.717, 1.165) is 0 Å². The third-order valence-electron chi connectivity index (χ3n) is 4.41. The van der Waals surface area contributed by atoms with Crippen molar-refractivity contribution >= 4 is 17.4 Å². The number of aliphatic hydroxyl groups is 1. The topological polar surface area (TPSA) is 79.7 Å². The Morgan fingerprint density at radius 1 is 1.15 bits per heavy atom. The molecule has 6 nitrogen and oxygen atoms in total. The molecule has 6 heteroatoms. The van der Waals surface area contributed by atoms with Crippen LogP contribution in [0.2, 0.25) is 0 Å². The number of hydrogen-bond acceptors (Lipinski definition) is 5. The fourth-order valence-corrected chi connectivity index (χ4v) is 3.23. The van der Waals surface area contributed by atoms with Crippen molar-refractivity contribution in [3.8, 4) is 5.75 Å². The van der Waals surface area contributed by atoms with Gasteiger partial charge in [0, 0.05) is 18.3 Å². The lowest BCUT2D eigenvalue weighted by atomic mass is 9.98. The summed E-state index contributed by atoms with van der Waals surface area (Å²) in [5.41, 5.74) is 1.07. The predicted octanol–water partition coefficient (Wildman–Crippen LogP) is 3.31. The maximum Gasteiger partial charge on any atom is 0.295 e. The van der Waals surface area contributed by atoms with Gasteiger partial charge in [0.2, 0.25) is 0 Å². The zero-order valence-corrected chi connectivity index (χ0v) is 15.4. The van der Waals surface area contributed by atoms with Crippen molar-refractivity contribution in [2.75, 3.05) is 13.2 Å². The Bertz CT molecular complexity index is 860. The quantitative estimate of drug-likeness (QED) is 0.482. The Balaban J connectivity index is 2.10. The standard InChI is InChI=1S/C21H22N2O4/c1-3-13-23-18(16-7-5-6-12-22-16)17(20(25)21(23)26)19(24)14-8-10-15(11-9-14)27-4-2/h5-12,18,24H,3-4,13H2,1-2H3/b19-17-. The monoisotopic (exact) mass is 366 g/mol. The number of ketones is 1. The molecule has 1 aromatic heterocycles. The molecule has 3 rings (SSSR count). The molecule has 1 unspecified atom stereocenters. The lowest BCUT2D eigenvalue weighted by Crippen LogP contribution is -2.30. The number of ether oxygens (including phenoxy) is 1. The predicted molar refractivity (Wildman–Crippen MR) is 101 cm³/mol. The molecule has 1 aliphatic rings. The van der Waals surface area contributed by atoms with Crippen LogP contribution in [0.3, 0.4) is 0 Å². The number of rotatable bonds is 6. The molecular formula is C21H22N2O4. The van der Waals surface area contributed by atoms with Gasteiger partial charge >= 0.3 is 0 Å². The number of hydrogen-bond donors (Lipinski definition) is 1. The largest absolute Gasteiger partial charge is 0.507 e. The summed E-state index contributed by atoms with van der Waals surface area (Å²) in [6.07, 6.45) is 2.30. The van der Waals surface area contributed by atoms with Crippen molar-refractivity contribution in [3.05, 3.63) is 65.5 Å². The van der Waals surface area contributed by atoms with Gasteiger partial charge in [0.15, 0.2) is 0 Å². The molecule has 1 fully saturated rings. The van der Waals surface area contributed by atoms with Crippen LogP contribution in [-0.4, -0.2) is 39.8 Å². The Kier molecular flexibility index (Phi) is 5.54. The van der Waals surface area contributed by atoms with E-state index in [4.69, 9.17) is 4.74 Å². The van der Waals surface area contributed by atoms with Gasteiger partial charge in [-0.1, -0.05) is 13.0 Å². The van der Waals surface area contributed by atoms with Crippen molar-refractivity contribution in [2.45, 2.75) is 26.3 Å². The highest BCUT2D eigenvalue weighted by atomic mass is 16.5. The number of aromatic nitrogens is 1. The Labute approximate surface area is 158 Å². The van der Waals surface area contributed by atoms with E-state index >= 15 is 0 Å². The number of amides is 1. The Hall–Kier alpha value is -3.15. The SMILES string of the molecule is CCCN1C(=O)C(=O)/C(=C(\O)c2ccc(OCC)cc2)C1c1ccccn1. The van der Waals surface area contributed by atoms with E-state index in [-0.39, 0.29) is 11.3 Å². The third-order valence-corrected chi connectivity index (χ3v) is 4.41. The Morgan fingerprint density at radius 3 is 2.48 bits per heavy atom. The molecule has 0 bridgehead atoms. The summed E-state index contributed by atoms with van der Waals surface area (Å²) < 4.78 is 5.41.